The van der Waals surface area contributed by atoms with Crippen molar-refractivity contribution in [1.82, 2.24) is 4.98 Å². The van der Waals surface area contributed by atoms with Crippen LogP contribution in [0.4, 0.5) is 15.8 Å². The van der Waals surface area contributed by atoms with Gasteiger partial charge in [0.15, 0.2) is 0 Å². The fraction of sp³-hybridized carbons (Fsp3) is 0.190. The van der Waals surface area contributed by atoms with Gasteiger partial charge in [0, 0.05) is 30.3 Å². The van der Waals surface area contributed by atoms with Crippen LogP contribution in [0.3, 0.4) is 0 Å². The molecular formula is C21H21FN2. The van der Waals surface area contributed by atoms with E-state index in [0.29, 0.717) is 0 Å². The number of aryl methyl sites for hydroxylation is 2. The van der Waals surface area contributed by atoms with E-state index in [1.807, 2.05) is 18.2 Å². The monoisotopic (exact) mass is 320 g/mol. The Morgan fingerprint density at radius 2 is 1.71 bits per heavy atom. The topological polar surface area (TPSA) is 16.1 Å². The zero-order chi connectivity index (χ0) is 16.8. The molecule has 24 heavy (non-hydrogen) atoms. The number of rotatable bonds is 6. The molecule has 3 rings (SSSR count). The summed E-state index contributed by atoms with van der Waals surface area (Å²) in [4.78, 5) is 6.22. The van der Waals surface area contributed by atoms with Gasteiger partial charge in [-0.25, -0.2) is 4.39 Å². The normalized spacial score (nSPS) is 10.6. The minimum absolute atomic E-state index is 0.217. The van der Waals surface area contributed by atoms with Gasteiger partial charge in [0.05, 0.1) is 0 Å². The lowest BCUT2D eigenvalue weighted by Crippen LogP contribution is -2.19. The fourth-order valence-electron chi connectivity index (χ4n) is 2.88. The number of hydrogen-bond acceptors (Lipinski definition) is 2. The summed E-state index contributed by atoms with van der Waals surface area (Å²) in [6.45, 7) is 2.93. The van der Waals surface area contributed by atoms with Crippen molar-refractivity contribution >= 4 is 11.4 Å². The Morgan fingerprint density at radius 3 is 2.46 bits per heavy atom. The smallest absolute Gasteiger partial charge is 0.125 e. The van der Waals surface area contributed by atoms with Gasteiger partial charge in [0.25, 0.3) is 0 Å². The third kappa shape index (κ3) is 4.19. The quantitative estimate of drug-likeness (QED) is 0.612. The first-order valence-electron chi connectivity index (χ1n) is 8.21. The fourth-order valence-corrected chi connectivity index (χ4v) is 2.88. The van der Waals surface area contributed by atoms with E-state index < -0.39 is 0 Å². The van der Waals surface area contributed by atoms with Crippen molar-refractivity contribution < 1.29 is 4.39 Å². The molecule has 3 heteroatoms. The second-order valence-electron chi connectivity index (χ2n) is 5.93. The molecule has 0 bridgehead atoms. The van der Waals surface area contributed by atoms with E-state index in [2.05, 4.69) is 41.1 Å². The molecule has 0 saturated heterocycles. The van der Waals surface area contributed by atoms with Crippen LogP contribution in [0.5, 0.6) is 0 Å². The maximum absolute atomic E-state index is 13.6. The summed E-state index contributed by atoms with van der Waals surface area (Å²) >= 11 is 0. The average molecular weight is 320 g/mol. The van der Waals surface area contributed by atoms with Crippen LogP contribution in [0.2, 0.25) is 0 Å². The first-order valence-corrected chi connectivity index (χ1v) is 8.21. The van der Waals surface area contributed by atoms with Gasteiger partial charge in [-0.15, -0.1) is 0 Å². The molecule has 0 saturated carbocycles. The van der Waals surface area contributed by atoms with Crippen LogP contribution in [-0.2, 0) is 6.42 Å². The van der Waals surface area contributed by atoms with Gasteiger partial charge in [-0.2, -0.15) is 0 Å². The minimum atomic E-state index is -0.217. The van der Waals surface area contributed by atoms with E-state index in [1.165, 1.54) is 17.2 Å². The van der Waals surface area contributed by atoms with Gasteiger partial charge in [-0.3, -0.25) is 4.98 Å². The van der Waals surface area contributed by atoms with Gasteiger partial charge in [0.2, 0.25) is 0 Å². The van der Waals surface area contributed by atoms with Crippen LogP contribution in [0.25, 0.3) is 0 Å². The molecule has 3 aromatic rings. The maximum Gasteiger partial charge on any atom is 0.125 e. The summed E-state index contributed by atoms with van der Waals surface area (Å²) < 4.78 is 13.6. The molecule has 2 aromatic carbocycles. The predicted octanol–water partition coefficient (Wildman–Crippen LogP) is 5.30. The summed E-state index contributed by atoms with van der Waals surface area (Å²) in [6.07, 6.45) is 5.52. The first kappa shape index (κ1) is 16.2. The Morgan fingerprint density at radius 1 is 0.917 bits per heavy atom. The number of hydrogen-bond donors (Lipinski definition) is 0. The van der Waals surface area contributed by atoms with Crippen LogP contribution >= 0.6 is 0 Å². The molecule has 0 atom stereocenters. The van der Waals surface area contributed by atoms with E-state index in [4.69, 9.17) is 0 Å². The van der Waals surface area contributed by atoms with Crippen molar-refractivity contribution in [2.24, 2.45) is 0 Å². The van der Waals surface area contributed by atoms with Gasteiger partial charge in [0.1, 0.15) is 5.82 Å². The molecule has 0 spiro atoms. The second kappa shape index (κ2) is 7.73. The minimum Gasteiger partial charge on any atom is -0.341 e. The molecule has 2 nitrogen and oxygen atoms in total. The van der Waals surface area contributed by atoms with Gasteiger partial charge < -0.3 is 4.90 Å². The molecule has 1 aromatic heterocycles. The molecule has 0 aliphatic heterocycles. The van der Waals surface area contributed by atoms with Crippen LogP contribution in [0.1, 0.15) is 17.5 Å². The molecule has 0 aliphatic carbocycles. The van der Waals surface area contributed by atoms with Crippen molar-refractivity contribution in [3.63, 3.8) is 0 Å². The van der Waals surface area contributed by atoms with Crippen molar-refractivity contribution in [2.75, 3.05) is 11.4 Å². The van der Waals surface area contributed by atoms with Crippen molar-refractivity contribution in [3.05, 3.63) is 90.0 Å². The third-order valence-corrected chi connectivity index (χ3v) is 4.02. The standard InChI is InChI=1S/C21H21FN2/c1-17-5-2-6-18(15-17)7-4-14-24(20-10-12-23-13-11-20)21-9-3-8-19(22)16-21/h2-3,5-6,8-13,15-16H,4,7,14H2,1H3. The van der Waals surface area contributed by atoms with E-state index in [0.717, 1.165) is 30.8 Å². The molecular weight excluding hydrogens is 299 g/mol. The lowest BCUT2D eigenvalue weighted by atomic mass is 10.1. The van der Waals surface area contributed by atoms with E-state index in [-0.39, 0.29) is 5.82 Å². The van der Waals surface area contributed by atoms with Crippen molar-refractivity contribution in [3.8, 4) is 0 Å². The number of benzene rings is 2. The van der Waals surface area contributed by atoms with E-state index in [1.54, 1.807) is 24.5 Å². The third-order valence-electron chi connectivity index (χ3n) is 4.02. The first-order chi connectivity index (χ1) is 11.7. The van der Waals surface area contributed by atoms with Crippen LogP contribution in [0.15, 0.2) is 73.1 Å². The molecule has 0 N–H and O–H groups in total. The van der Waals surface area contributed by atoms with Crippen LogP contribution < -0.4 is 4.90 Å². The highest BCUT2D eigenvalue weighted by Gasteiger charge is 2.10. The molecule has 122 valence electrons. The Bertz CT molecular complexity index is 787. The SMILES string of the molecule is Cc1cccc(CCCN(c2ccncc2)c2cccc(F)c2)c1. The lowest BCUT2D eigenvalue weighted by molar-refractivity contribution is 0.627. The number of nitrogens with zero attached hydrogens (tertiary/aromatic N) is 2. The molecule has 0 fully saturated rings. The number of aromatic nitrogens is 1. The Hall–Kier alpha value is -2.68. The molecule has 1 heterocycles. The average Bonchev–Trinajstić information content (AvgIpc) is 2.59. The highest BCUT2D eigenvalue weighted by molar-refractivity contribution is 5.62. The Labute approximate surface area is 142 Å². The zero-order valence-electron chi connectivity index (χ0n) is 13.8. The summed E-state index contributed by atoms with van der Waals surface area (Å²) in [6, 6.07) is 19.2. The number of anilines is 2. The summed E-state index contributed by atoms with van der Waals surface area (Å²) in [5.41, 5.74) is 4.51. The maximum atomic E-state index is 13.6. The second-order valence-corrected chi connectivity index (χ2v) is 5.93. The largest absolute Gasteiger partial charge is 0.341 e. The van der Waals surface area contributed by atoms with Crippen LogP contribution in [0, 0.1) is 12.7 Å². The molecule has 0 unspecified atom stereocenters. The van der Waals surface area contributed by atoms with Crippen molar-refractivity contribution in [2.45, 2.75) is 19.8 Å². The zero-order valence-corrected chi connectivity index (χ0v) is 13.8. The van der Waals surface area contributed by atoms with Gasteiger partial charge in [-0.05, 0) is 55.7 Å². The number of pyridine rings is 1. The highest BCUT2D eigenvalue weighted by Crippen LogP contribution is 2.25. The predicted molar refractivity (Wildman–Crippen MR) is 97.1 cm³/mol. The molecule has 0 radical (unpaired) electrons. The summed E-state index contributed by atoms with van der Waals surface area (Å²) in [5.74, 6) is -0.217. The van der Waals surface area contributed by atoms with Crippen LogP contribution in [-0.4, -0.2) is 11.5 Å². The van der Waals surface area contributed by atoms with E-state index in [9.17, 15) is 4.39 Å². The van der Waals surface area contributed by atoms with Gasteiger partial charge >= 0.3 is 0 Å². The van der Waals surface area contributed by atoms with Gasteiger partial charge in [-0.1, -0.05) is 35.9 Å². The highest BCUT2D eigenvalue weighted by atomic mass is 19.1. The Kier molecular flexibility index (Phi) is 5.22. The lowest BCUT2D eigenvalue weighted by Gasteiger charge is -2.25. The van der Waals surface area contributed by atoms with E-state index >= 15 is 0 Å². The molecule has 0 amide bonds. The number of halogens is 1. The summed E-state index contributed by atoms with van der Waals surface area (Å²) in [5, 5.41) is 0. The summed E-state index contributed by atoms with van der Waals surface area (Å²) in [7, 11) is 0. The van der Waals surface area contributed by atoms with Crippen molar-refractivity contribution in [1.29, 1.82) is 0 Å². The molecule has 0 aliphatic rings. The Balaban J connectivity index is 1.75.